The molecule has 2 aromatic carbocycles. The lowest BCUT2D eigenvalue weighted by Gasteiger charge is -2.29. The van der Waals surface area contributed by atoms with Gasteiger partial charge >= 0.3 is 6.09 Å². The molecule has 2 aromatic rings. The first-order chi connectivity index (χ1) is 17.8. The molecule has 0 aliphatic carbocycles. The van der Waals surface area contributed by atoms with Crippen LogP contribution in [0.2, 0.25) is 12.6 Å². The Morgan fingerprint density at radius 3 is 2.38 bits per heavy atom. The van der Waals surface area contributed by atoms with Crippen LogP contribution in [0.25, 0.3) is 5.70 Å². The van der Waals surface area contributed by atoms with Gasteiger partial charge in [0, 0.05) is 12.2 Å². The number of ether oxygens (including phenoxy) is 1. The number of aliphatic imine (C=N–C) groups is 1. The molecule has 0 unspecified atom stereocenters. The van der Waals surface area contributed by atoms with E-state index < -0.39 is 18.2 Å². The standard InChI is InChI=1S/C28H36BN5O3/c1-5-23(20-11-13-21(14-12-20)29-15-16-29)31-26(30)24-17-33(22-9-7-6-8-10-22)18-34(24)27(35)25(19(2)3)32-28(36)37-4/h5-14,19,24-25H,15-18H2,1-4H3,(H2,30,31)(H,32,36)/b23-5-/t24-,25-/m0/s1. The van der Waals surface area contributed by atoms with Gasteiger partial charge in [0.15, 0.2) is 6.71 Å². The molecular formula is C28H36BN5O3. The van der Waals surface area contributed by atoms with E-state index in [0.29, 0.717) is 25.8 Å². The van der Waals surface area contributed by atoms with Crippen LogP contribution in [0, 0.1) is 5.92 Å². The number of nitrogens with one attached hydrogen (secondary N) is 1. The predicted octanol–water partition coefficient (Wildman–Crippen LogP) is 3.18. The third-order valence-electron chi connectivity index (χ3n) is 7.01. The smallest absolute Gasteiger partial charge is 0.407 e. The van der Waals surface area contributed by atoms with E-state index >= 15 is 0 Å². The van der Waals surface area contributed by atoms with Crippen molar-refractivity contribution in [2.24, 2.45) is 16.6 Å². The molecule has 2 atom stereocenters. The first kappa shape index (κ1) is 26.3. The zero-order chi connectivity index (χ0) is 26.5. The molecule has 2 fully saturated rings. The summed E-state index contributed by atoms with van der Waals surface area (Å²) >= 11 is 0. The number of carbonyl (C=O) groups excluding carboxylic acids is 2. The van der Waals surface area contributed by atoms with Crippen LogP contribution in [0.4, 0.5) is 10.5 Å². The second-order valence-electron chi connectivity index (χ2n) is 9.99. The van der Waals surface area contributed by atoms with Crippen molar-refractivity contribution in [3.63, 3.8) is 0 Å². The van der Waals surface area contributed by atoms with Gasteiger partial charge in [0.1, 0.15) is 17.9 Å². The van der Waals surface area contributed by atoms with Crippen LogP contribution >= 0.6 is 0 Å². The molecule has 2 saturated heterocycles. The molecule has 2 heterocycles. The van der Waals surface area contributed by atoms with Gasteiger partial charge in [-0.3, -0.25) is 4.79 Å². The van der Waals surface area contributed by atoms with Crippen molar-refractivity contribution in [2.75, 3.05) is 25.2 Å². The summed E-state index contributed by atoms with van der Waals surface area (Å²) in [4.78, 5) is 34.4. The molecule has 0 bridgehead atoms. The van der Waals surface area contributed by atoms with Gasteiger partial charge in [-0.15, -0.1) is 0 Å². The number of methoxy groups -OCH3 is 1. The number of amidine groups is 1. The highest BCUT2D eigenvalue weighted by molar-refractivity contribution is 6.82. The van der Waals surface area contributed by atoms with Gasteiger partial charge in [-0.2, -0.15) is 0 Å². The van der Waals surface area contributed by atoms with E-state index in [1.165, 1.54) is 25.2 Å². The van der Waals surface area contributed by atoms with E-state index in [1.54, 1.807) is 4.90 Å². The van der Waals surface area contributed by atoms with E-state index in [2.05, 4.69) is 34.5 Å². The van der Waals surface area contributed by atoms with Crippen LogP contribution < -0.4 is 21.4 Å². The van der Waals surface area contributed by atoms with E-state index in [9.17, 15) is 9.59 Å². The van der Waals surface area contributed by atoms with Crippen molar-refractivity contribution in [3.05, 3.63) is 66.2 Å². The molecule has 0 radical (unpaired) electrons. The van der Waals surface area contributed by atoms with E-state index in [0.717, 1.165) is 16.9 Å². The van der Waals surface area contributed by atoms with Crippen LogP contribution in [0.1, 0.15) is 26.3 Å². The molecule has 2 aliphatic heterocycles. The van der Waals surface area contributed by atoms with Gasteiger partial charge in [0.2, 0.25) is 5.91 Å². The summed E-state index contributed by atoms with van der Waals surface area (Å²) in [5, 5.41) is 2.69. The Morgan fingerprint density at radius 1 is 1.14 bits per heavy atom. The summed E-state index contributed by atoms with van der Waals surface area (Å²) in [6.07, 6.45) is 3.81. The Balaban J connectivity index is 1.62. The molecule has 37 heavy (non-hydrogen) atoms. The summed E-state index contributed by atoms with van der Waals surface area (Å²) < 4.78 is 4.76. The summed E-state index contributed by atoms with van der Waals surface area (Å²) in [5.41, 5.74) is 10.7. The third kappa shape index (κ3) is 6.16. The third-order valence-corrected chi connectivity index (χ3v) is 7.01. The second kappa shape index (κ2) is 11.5. The normalized spacial score (nSPS) is 18.7. The number of benzene rings is 2. The second-order valence-corrected chi connectivity index (χ2v) is 9.99. The number of hydrogen-bond donors (Lipinski definition) is 2. The monoisotopic (exact) mass is 501 g/mol. The molecule has 0 saturated carbocycles. The van der Waals surface area contributed by atoms with E-state index in [1.807, 2.05) is 57.2 Å². The van der Waals surface area contributed by atoms with Crippen molar-refractivity contribution in [1.29, 1.82) is 0 Å². The first-order valence-corrected chi connectivity index (χ1v) is 12.9. The fraction of sp³-hybridized carbons (Fsp3) is 0.393. The lowest BCUT2D eigenvalue weighted by Crippen LogP contribution is -2.55. The highest BCUT2D eigenvalue weighted by atomic mass is 16.5. The molecule has 4 rings (SSSR count). The Morgan fingerprint density at radius 2 is 1.81 bits per heavy atom. The lowest BCUT2D eigenvalue weighted by atomic mass is 9.63. The maximum Gasteiger partial charge on any atom is 0.407 e. The van der Waals surface area contributed by atoms with Crippen molar-refractivity contribution in [3.8, 4) is 0 Å². The minimum Gasteiger partial charge on any atom is -0.453 e. The Kier molecular flexibility index (Phi) is 8.21. The SMILES string of the molecule is C/C=C(\N=C(N)[C@@H]1CN(c2ccccc2)CN1C(=O)[C@@H](NC(=O)OC)C(C)C)c1ccc(B2CC2)cc1. The number of rotatable bonds is 8. The zero-order valence-electron chi connectivity index (χ0n) is 22.1. The fourth-order valence-electron chi connectivity index (χ4n) is 4.68. The number of hydrogen-bond acceptors (Lipinski definition) is 5. The van der Waals surface area contributed by atoms with Crippen LogP contribution in [-0.2, 0) is 9.53 Å². The average Bonchev–Trinajstić information content (AvgIpc) is 3.67. The Hall–Kier alpha value is -3.75. The highest BCUT2D eigenvalue weighted by Gasteiger charge is 2.40. The molecule has 8 nitrogen and oxygen atoms in total. The van der Waals surface area contributed by atoms with Crippen LogP contribution in [0.15, 0.2) is 65.7 Å². The van der Waals surface area contributed by atoms with Crippen LogP contribution in [-0.4, -0.2) is 61.9 Å². The molecule has 0 aromatic heterocycles. The topological polar surface area (TPSA) is 100 Å². The fourth-order valence-corrected chi connectivity index (χ4v) is 4.68. The minimum absolute atomic E-state index is 0.146. The number of amides is 2. The zero-order valence-corrected chi connectivity index (χ0v) is 22.1. The molecule has 2 aliphatic rings. The van der Waals surface area contributed by atoms with Gasteiger partial charge in [-0.05, 0) is 30.5 Å². The average molecular weight is 501 g/mol. The molecule has 194 valence electrons. The van der Waals surface area contributed by atoms with Crippen LogP contribution in [0.3, 0.4) is 0 Å². The Bertz CT molecular complexity index is 1160. The largest absolute Gasteiger partial charge is 0.453 e. The number of anilines is 1. The molecule has 0 spiro atoms. The summed E-state index contributed by atoms with van der Waals surface area (Å²) in [7, 11) is 1.29. The summed E-state index contributed by atoms with van der Waals surface area (Å²) in [6, 6.07) is 17.2. The van der Waals surface area contributed by atoms with Gasteiger partial charge in [-0.1, -0.05) is 80.5 Å². The van der Waals surface area contributed by atoms with Crippen molar-refractivity contribution in [1.82, 2.24) is 10.2 Å². The van der Waals surface area contributed by atoms with Gasteiger partial charge in [-0.25, -0.2) is 9.79 Å². The lowest BCUT2D eigenvalue weighted by molar-refractivity contribution is -0.134. The number of nitrogens with zero attached hydrogens (tertiary/aromatic N) is 3. The maximum atomic E-state index is 13.8. The summed E-state index contributed by atoms with van der Waals surface area (Å²) in [5.74, 6) is -0.0169. The molecule has 2 amide bonds. The van der Waals surface area contributed by atoms with Crippen molar-refractivity contribution < 1.29 is 14.3 Å². The number of alkyl carbamates (subject to hydrolysis) is 1. The number of nitrogens with two attached hydrogens (primary N) is 1. The van der Waals surface area contributed by atoms with Gasteiger partial charge in [0.25, 0.3) is 0 Å². The summed E-state index contributed by atoms with van der Waals surface area (Å²) in [6.45, 7) is 7.22. The maximum absolute atomic E-state index is 13.8. The quantitative estimate of drug-likeness (QED) is 0.329. The number of allylic oxidation sites excluding steroid dienone is 1. The van der Waals surface area contributed by atoms with Crippen molar-refractivity contribution in [2.45, 2.75) is 45.5 Å². The van der Waals surface area contributed by atoms with Gasteiger partial charge < -0.3 is 25.6 Å². The Labute approximate surface area is 219 Å². The molecule has 3 N–H and O–H groups in total. The number of carbonyl (C=O) groups is 2. The minimum atomic E-state index is -0.755. The predicted molar refractivity (Wildman–Crippen MR) is 150 cm³/mol. The van der Waals surface area contributed by atoms with Gasteiger partial charge in [0.05, 0.1) is 19.5 Å². The van der Waals surface area contributed by atoms with Crippen molar-refractivity contribution >= 4 is 41.4 Å². The highest BCUT2D eigenvalue weighted by Crippen LogP contribution is 2.26. The van der Waals surface area contributed by atoms with Crippen LogP contribution in [0.5, 0.6) is 0 Å². The number of para-hydroxylation sites is 1. The van der Waals surface area contributed by atoms with E-state index in [4.69, 9.17) is 15.5 Å². The first-order valence-electron chi connectivity index (χ1n) is 12.9. The molecular weight excluding hydrogens is 465 g/mol. The van der Waals surface area contributed by atoms with E-state index in [-0.39, 0.29) is 11.8 Å². The molecule has 9 heteroatoms.